The highest BCUT2D eigenvalue weighted by atomic mass is 15.2. The van der Waals surface area contributed by atoms with Gasteiger partial charge in [-0.25, -0.2) is 9.97 Å². The molecule has 0 aromatic carbocycles. The average molecular weight is 217 g/mol. The van der Waals surface area contributed by atoms with E-state index in [1.807, 2.05) is 16.8 Å². The molecular formula is C11H15N5. The second-order valence-electron chi connectivity index (χ2n) is 4.08. The van der Waals surface area contributed by atoms with Crippen molar-refractivity contribution in [2.24, 2.45) is 0 Å². The minimum atomic E-state index is 0.588. The van der Waals surface area contributed by atoms with Gasteiger partial charge in [0.25, 0.3) is 0 Å². The first-order valence-electron chi connectivity index (χ1n) is 5.71. The zero-order valence-corrected chi connectivity index (χ0v) is 9.27. The van der Waals surface area contributed by atoms with E-state index in [2.05, 4.69) is 27.5 Å². The summed E-state index contributed by atoms with van der Waals surface area (Å²) in [6.07, 6.45) is 8.17. The first-order chi connectivity index (χ1) is 7.86. The summed E-state index contributed by atoms with van der Waals surface area (Å²) in [5, 5.41) is 6.63. The number of imidazole rings is 1. The van der Waals surface area contributed by atoms with Crippen LogP contribution in [0.5, 0.6) is 0 Å². The van der Waals surface area contributed by atoms with Crippen molar-refractivity contribution in [2.45, 2.75) is 25.8 Å². The van der Waals surface area contributed by atoms with E-state index in [0.29, 0.717) is 6.04 Å². The van der Waals surface area contributed by atoms with Crippen molar-refractivity contribution in [3.8, 4) is 0 Å². The maximum Gasteiger partial charge on any atom is 0.180 e. The van der Waals surface area contributed by atoms with Gasteiger partial charge < -0.3 is 15.0 Å². The molecule has 0 aliphatic heterocycles. The number of anilines is 2. The molecule has 2 heterocycles. The van der Waals surface area contributed by atoms with Gasteiger partial charge in [0.05, 0.1) is 6.20 Å². The standard InChI is InChI=1S/C11H15N5/c1-2-12-9-7-16-6-5-13-11(16)10(15-9)14-8-3-4-8/h5-8,12H,2-4H2,1H3,(H,14,15). The minimum Gasteiger partial charge on any atom is -0.369 e. The SMILES string of the molecule is CCNc1cn2ccnc2c(NC2CC2)n1. The van der Waals surface area contributed by atoms with Crippen LogP contribution in [-0.2, 0) is 0 Å². The van der Waals surface area contributed by atoms with Crippen LogP contribution in [-0.4, -0.2) is 27.0 Å². The highest BCUT2D eigenvalue weighted by molar-refractivity contribution is 5.66. The molecule has 5 nitrogen and oxygen atoms in total. The summed E-state index contributed by atoms with van der Waals surface area (Å²) in [5.74, 6) is 1.77. The number of fused-ring (bicyclic) bond motifs is 1. The minimum absolute atomic E-state index is 0.588. The van der Waals surface area contributed by atoms with E-state index >= 15 is 0 Å². The third kappa shape index (κ3) is 1.68. The Kier molecular flexibility index (Phi) is 2.16. The Bertz CT molecular complexity index is 500. The normalized spacial score (nSPS) is 15.3. The van der Waals surface area contributed by atoms with E-state index in [1.54, 1.807) is 6.20 Å². The summed E-state index contributed by atoms with van der Waals surface area (Å²) in [4.78, 5) is 8.85. The number of aromatic nitrogens is 3. The van der Waals surface area contributed by atoms with Crippen LogP contribution < -0.4 is 10.6 Å². The van der Waals surface area contributed by atoms with Gasteiger partial charge in [-0.3, -0.25) is 0 Å². The van der Waals surface area contributed by atoms with Crippen molar-refractivity contribution in [3.63, 3.8) is 0 Å². The quantitative estimate of drug-likeness (QED) is 0.819. The van der Waals surface area contributed by atoms with Crippen molar-refractivity contribution in [1.29, 1.82) is 0 Å². The molecule has 0 bridgehead atoms. The highest BCUT2D eigenvalue weighted by Crippen LogP contribution is 2.26. The lowest BCUT2D eigenvalue weighted by Gasteiger charge is -2.09. The third-order valence-electron chi connectivity index (χ3n) is 2.65. The third-order valence-corrected chi connectivity index (χ3v) is 2.65. The van der Waals surface area contributed by atoms with Gasteiger partial charge in [0, 0.05) is 25.0 Å². The van der Waals surface area contributed by atoms with Crippen LogP contribution in [0.1, 0.15) is 19.8 Å². The molecular weight excluding hydrogens is 202 g/mol. The average Bonchev–Trinajstić information content (AvgIpc) is 2.95. The van der Waals surface area contributed by atoms with Crippen molar-refractivity contribution in [1.82, 2.24) is 14.4 Å². The van der Waals surface area contributed by atoms with Gasteiger partial charge >= 0.3 is 0 Å². The van der Waals surface area contributed by atoms with E-state index in [9.17, 15) is 0 Å². The van der Waals surface area contributed by atoms with Crippen LogP contribution in [0.2, 0.25) is 0 Å². The molecule has 0 radical (unpaired) electrons. The molecule has 16 heavy (non-hydrogen) atoms. The fraction of sp³-hybridized carbons (Fsp3) is 0.455. The van der Waals surface area contributed by atoms with Crippen LogP contribution in [0, 0.1) is 0 Å². The van der Waals surface area contributed by atoms with Crippen molar-refractivity contribution < 1.29 is 0 Å². The second kappa shape index (κ2) is 3.66. The first kappa shape index (κ1) is 9.45. The van der Waals surface area contributed by atoms with Gasteiger partial charge in [-0.15, -0.1) is 0 Å². The number of hydrogen-bond donors (Lipinski definition) is 2. The fourth-order valence-electron chi connectivity index (χ4n) is 1.72. The fourth-order valence-corrected chi connectivity index (χ4v) is 1.72. The van der Waals surface area contributed by atoms with E-state index in [4.69, 9.17) is 0 Å². The molecule has 2 N–H and O–H groups in total. The Labute approximate surface area is 93.9 Å². The molecule has 3 rings (SSSR count). The molecule has 2 aromatic heterocycles. The molecule has 0 atom stereocenters. The van der Waals surface area contributed by atoms with E-state index in [0.717, 1.165) is 23.8 Å². The lowest BCUT2D eigenvalue weighted by atomic mass is 10.5. The highest BCUT2D eigenvalue weighted by Gasteiger charge is 2.22. The number of rotatable bonds is 4. The molecule has 1 saturated carbocycles. The van der Waals surface area contributed by atoms with Gasteiger partial charge in [-0.2, -0.15) is 0 Å². The smallest absolute Gasteiger partial charge is 0.180 e. The Balaban J connectivity index is 2.02. The molecule has 2 aromatic rings. The van der Waals surface area contributed by atoms with Gasteiger partial charge in [-0.1, -0.05) is 0 Å². The van der Waals surface area contributed by atoms with E-state index < -0.39 is 0 Å². The number of nitrogens with one attached hydrogen (secondary N) is 2. The summed E-state index contributed by atoms with van der Waals surface area (Å²) >= 11 is 0. The predicted molar refractivity (Wildman–Crippen MR) is 63.8 cm³/mol. The Morgan fingerprint density at radius 1 is 1.50 bits per heavy atom. The van der Waals surface area contributed by atoms with Crippen LogP contribution in [0.15, 0.2) is 18.6 Å². The van der Waals surface area contributed by atoms with Gasteiger partial charge in [-0.05, 0) is 19.8 Å². The monoisotopic (exact) mass is 217 g/mol. The maximum absolute atomic E-state index is 4.54. The molecule has 5 heteroatoms. The first-order valence-corrected chi connectivity index (χ1v) is 5.71. The van der Waals surface area contributed by atoms with Crippen molar-refractivity contribution >= 4 is 17.3 Å². The summed E-state index contributed by atoms with van der Waals surface area (Å²) in [7, 11) is 0. The molecule has 0 saturated heterocycles. The lowest BCUT2D eigenvalue weighted by Crippen LogP contribution is -2.08. The number of nitrogens with zero attached hydrogens (tertiary/aromatic N) is 3. The molecule has 1 aliphatic rings. The zero-order valence-electron chi connectivity index (χ0n) is 9.27. The summed E-state index contributed by atoms with van der Waals surface area (Å²) < 4.78 is 2.00. The largest absolute Gasteiger partial charge is 0.369 e. The van der Waals surface area contributed by atoms with Gasteiger partial charge in [0.15, 0.2) is 11.5 Å². The Hall–Kier alpha value is -1.78. The van der Waals surface area contributed by atoms with Crippen LogP contribution in [0.25, 0.3) is 5.65 Å². The molecule has 1 aliphatic carbocycles. The predicted octanol–water partition coefficient (Wildman–Crippen LogP) is 1.74. The summed E-state index contributed by atoms with van der Waals surface area (Å²) in [6.45, 7) is 2.93. The molecule has 0 amide bonds. The van der Waals surface area contributed by atoms with Crippen LogP contribution in [0.3, 0.4) is 0 Å². The summed E-state index contributed by atoms with van der Waals surface area (Å²) in [5.41, 5.74) is 0.897. The van der Waals surface area contributed by atoms with Crippen molar-refractivity contribution in [2.75, 3.05) is 17.2 Å². The molecule has 1 fully saturated rings. The topological polar surface area (TPSA) is 54.2 Å². The molecule has 0 unspecified atom stereocenters. The van der Waals surface area contributed by atoms with Crippen LogP contribution in [0.4, 0.5) is 11.6 Å². The van der Waals surface area contributed by atoms with Gasteiger partial charge in [0.2, 0.25) is 0 Å². The van der Waals surface area contributed by atoms with Crippen LogP contribution >= 0.6 is 0 Å². The molecule has 0 spiro atoms. The van der Waals surface area contributed by atoms with E-state index in [1.165, 1.54) is 12.8 Å². The Morgan fingerprint density at radius 2 is 2.38 bits per heavy atom. The lowest BCUT2D eigenvalue weighted by molar-refractivity contribution is 1.05. The van der Waals surface area contributed by atoms with E-state index in [-0.39, 0.29) is 0 Å². The Morgan fingerprint density at radius 3 is 3.12 bits per heavy atom. The van der Waals surface area contributed by atoms with Crippen molar-refractivity contribution in [3.05, 3.63) is 18.6 Å². The molecule has 84 valence electrons. The summed E-state index contributed by atoms with van der Waals surface area (Å²) in [6, 6.07) is 0.588. The second-order valence-corrected chi connectivity index (χ2v) is 4.08. The van der Waals surface area contributed by atoms with Gasteiger partial charge in [0.1, 0.15) is 5.82 Å². The maximum atomic E-state index is 4.54. The number of hydrogen-bond acceptors (Lipinski definition) is 4. The zero-order chi connectivity index (χ0) is 11.0.